The lowest BCUT2D eigenvalue weighted by Crippen LogP contribution is -2.74. The van der Waals surface area contributed by atoms with Gasteiger partial charge in [-0.15, -0.1) is 0 Å². The third-order valence-electron chi connectivity index (χ3n) is 8.94. The molecule has 0 aliphatic rings. The maximum absolute atomic E-state index is 16.6. The summed E-state index contributed by atoms with van der Waals surface area (Å²) in [4.78, 5) is 12.7. The first-order valence-electron chi connectivity index (χ1n) is 15.3. The highest BCUT2D eigenvalue weighted by Gasteiger charge is 2.87. The van der Waals surface area contributed by atoms with Gasteiger partial charge < -0.3 is 13.9 Å². The molecule has 0 fully saturated rings. The van der Waals surface area contributed by atoms with E-state index in [2.05, 4.69) is 0 Å². The Balaban J connectivity index is 2.81. The summed E-state index contributed by atoms with van der Waals surface area (Å²) in [5, 5.41) is 0. The van der Waals surface area contributed by atoms with Crippen LogP contribution in [0.25, 0.3) is 0 Å². The van der Waals surface area contributed by atoms with Gasteiger partial charge in [0, 0.05) is 11.5 Å². The van der Waals surface area contributed by atoms with Crippen molar-refractivity contribution < 1.29 is 53.4 Å². The number of benzene rings is 1. The van der Waals surface area contributed by atoms with Gasteiger partial charge in [0.25, 0.3) is 5.55 Å². The Morgan fingerprint density at radius 3 is 1.87 bits per heavy atom. The van der Waals surface area contributed by atoms with Crippen molar-refractivity contribution in [3.63, 3.8) is 0 Å². The molecule has 2 rings (SSSR count). The first kappa shape index (κ1) is 40.4. The third-order valence-corrected chi connectivity index (χ3v) is 16.2. The molecular weight excluding hydrogens is 659 g/mol. The molecule has 0 bridgehead atoms. The van der Waals surface area contributed by atoms with Gasteiger partial charge in [-0.25, -0.2) is 13.6 Å². The summed E-state index contributed by atoms with van der Waals surface area (Å²) in [6.45, 7) is 8.80. The number of hydrogen-bond acceptors (Lipinski definition) is 4. The summed E-state index contributed by atoms with van der Waals surface area (Å²) < 4.78 is 149. The van der Waals surface area contributed by atoms with Gasteiger partial charge in [0.1, 0.15) is 11.5 Å². The smallest absolute Gasteiger partial charge is 0.460 e. The first-order chi connectivity index (χ1) is 21.6. The largest absolute Gasteiger partial charge is 0.497 e. The summed E-state index contributed by atoms with van der Waals surface area (Å²) in [7, 11) is -4.00. The van der Waals surface area contributed by atoms with E-state index in [0.29, 0.717) is 24.2 Å². The van der Waals surface area contributed by atoms with Crippen LogP contribution in [0.15, 0.2) is 57.3 Å². The lowest BCUT2D eigenvalue weighted by Gasteiger charge is -2.54. The Kier molecular flexibility index (Phi) is 13.1. The molecular formula is C33H43F9O4Si. The van der Waals surface area contributed by atoms with Crippen molar-refractivity contribution in [3.05, 3.63) is 75.4 Å². The van der Waals surface area contributed by atoms with E-state index >= 15 is 17.6 Å². The maximum Gasteiger partial charge on any atom is 0.460 e. The van der Waals surface area contributed by atoms with Crippen molar-refractivity contribution >= 4 is 8.07 Å². The Labute approximate surface area is 270 Å². The average molecular weight is 703 g/mol. The molecule has 1 aromatic heterocycles. The molecule has 2 aromatic rings. The van der Waals surface area contributed by atoms with Gasteiger partial charge in [0.15, 0.2) is 8.07 Å². The van der Waals surface area contributed by atoms with Gasteiger partial charge in [-0.1, -0.05) is 71.7 Å². The molecule has 0 saturated heterocycles. The summed E-state index contributed by atoms with van der Waals surface area (Å²) in [5.74, 6) is -14.8. The zero-order valence-electron chi connectivity index (χ0n) is 27.7. The maximum atomic E-state index is 16.6. The predicted molar refractivity (Wildman–Crippen MR) is 164 cm³/mol. The minimum absolute atomic E-state index is 0.00683. The number of alkyl halides is 9. The topological polar surface area (TPSA) is 48.7 Å². The van der Waals surface area contributed by atoms with Gasteiger partial charge >= 0.3 is 23.6 Å². The quantitative estimate of drug-likeness (QED) is 0.0756. The third kappa shape index (κ3) is 7.63. The van der Waals surface area contributed by atoms with Gasteiger partial charge in [-0.2, -0.15) is 30.7 Å². The van der Waals surface area contributed by atoms with E-state index in [9.17, 15) is 26.7 Å². The van der Waals surface area contributed by atoms with Crippen LogP contribution in [-0.4, -0.2) is 45.4 Å². The van der Waals surface area contributed by atoms with Crippen molar-refractivity contribution in [2.45, 2.75) is 114 Å². The van der Waals surface area contributed by atoms with Crippen LogP contribution >= 0.6 is 0 Å². The van der Waals surface area contributed by atoms with Gasteiger partial charge in [-0.3, -0.25) is 0 Å². The first-order valence-corrected chi connectivity index (χ1v) is 17.5. The second-order valence-electron chi connectivity index (χ2n) is 12.4. The zero-order chi connectivity index (χ0) is 36.2. The minimum atomic E-state index is -7.05. The van der Waals surface area contributed by atoms with E-state index in [4.69, 9.17) is 13.9 Å². The van der Waals surface area contributed by atoms with Crippen LogP contribution in [0.4, 0.5) is 39.5 Å². The van der Waals surface area contributed by atoms with Crippen molar-refractivity contribution in [1.29, 1.82) is 0 Å². The Morgan fingerprint density at radius 2 is 1.43 bits per heavy atom. The van der Waals surface area contributed by atoms with Crippen LogP contribution in [0.2, 0.25) is 16.6 Å². The molecule has 0 spiro atoms. The van der Waals surface area contributed by atoms with Gasteiger partial charge in [0.2, 0.25) is 0 Å². The number of hydrogen-bond donors (Lipinski definition) is 0. The fraction of sp³-hybridized carbons (Fsp3) is 0.606. The number of rotatable bonds is 16. The molecule has 0 amide bonds. The lowest BCUT2D eigenvalue weighted by molar-refractivity contribution is -0.384. The standard InChI is InChI=1S/C33H43F9O4Si/c1-9-10-25-13-16-27(46-29(25)43)23(7)28(22(6)17-18-45-19-24-11-14-26(44-8)15-12-24)47(20(2)3,21(4)5)33(41,42)31(36,37)30(34,35)32(38,39)40/h11-17,20-21,23,28H,9-10,18-19H2,1-8H3/b22-17+. The SMILES string of the molecule is CCCc1ccc(C(C)C(/C(C)=C/COCc2ccc(OC)cc2)[Si](C(C)C)(C(C)C)C(F)(F)C(F)(F)C(F)(F)C(F)(F)F)oc1=O. The number of allylic oxidation sites excluding steroid dienone is 1. The average Bonchev–Trinajstić information content (AvgIpc) is 2.97. The van der Waals surface area contributed by atoms with Crippen LogP contribution in [0, 0.1) is 0 Å². The fourth-order valence-electron chi connectivity index (χ4n) is 6.67. The van der Waals surface area contributed by atoms with E-state index < -0.39 is 59.8 Å². The summed E-state index contributed by atoms with van der Waals surface area (Å²) in [6, 6.07) is 9.53. The van der Waals surface area contributed by atoms with Crippen molar-refractivity contribution in [3.8, 4) is 5.75 Å². The lowest BCUT2D eigenvalue weighted by atomic mass is 9.97. The molecule has 14 heteroatoms. The molecule has 2 atom stereocenters. The van der Waals surface area contributed by atoms with Crippen LogP contribution in [0.3, 0.4) is 0 Å². The van der Waals surface area contributed by atoms with E-state index in [1.165, 1.54) is 39.2 Å². The monoisotopic (exact) mass is 702 g/mol. The van der Waals surface area contributed by atoms with Gasteiger partial charge in [0.05, 0.1) is 20.3 Å². The van der Waals surface area contributed by atoms with Crippen molar-refractivity contribution in [1.82, 2.24) is 0 Å². The van der Waals surface area contributed by atoms with Crippen LogP contribution in [0.1, 0.15) is 77.7 Å². The molecule has 2 unspecified atom stereocenters. The Hall–Kier alpha value is -2.74. The number of aryl methyl sites for hydroxylation is 1. The van der Waals surface area contributed by atoms with E-state index in [1.807, 2.05) is 0 Å². The molecule has 266 valence electrons. The van der Waals surface area contributed by atoms with E-state index in [0.717, 1.165) is 27.7 Å². The number of methoxy groups -OCH3 is 1. The zero-order valence-corrected chi connectivity index (χ0v) is 28.7. The molecule has 0 N–H and O–H groups in total. The number of ether oxygens (including phenoxy) is 2. The highest BCUT2D eigenvalue weighted by Crippen LogP contribution is 2.65. The van der Waals surface area contributed by atoms with Crippen LogP contribution in [0.5, 0.6) is 5.75 Å². The minimum Gasteiger partial charge on any atom is -0.497 e. The molecule has 0 aliphatic heterocycles. The second-order valence-corrected chi connectivity index (χ2v) is 17.9. The summed E-state index contributed by atoms with van der Waals surface area (Å²) in [5.41, 5.74) is -10.3. The molecule has 47 heavy (non-hydrogen) atoms. The molecule has 4 nitrogen and oxygen atoms in total. The molecule has 1 aromatic carbocycles. The Bertz CT molecular complexity index is 1390. The van der Waals surface area contributed by atoms with Gasteiger partial charge in [-0.05, 0) is 59.8 Å². The van der Waals surface area contributed by atoms with Crippen molar-refractivity contribution in [2.75, 3.05) is 13.7 Å². The normalized spacial score (nSPS) is 15.3. The van der Waals surface area contributed by atoms with Crippen LogP contribution in [-0.2, 0) is 17.8 Å². The molecule has 0 radical (unpaired) electrons. The molecule has 1 heterocycles. The molecule has 0 aliphatic carbocycles. The molecule has 0 saturated carbocycles. The summed E-state index contributed by atoms with van der Waals surface area (Å²) in [6.07, 6.45) is -4.72. The highest BCUT2D eigenvalue weighted by atomic mass is 28.3. The van der Waals surface area contributed by atoms with E-state index in [-0.39, 0.29) is 30.1 Å². The van der Waals surface area contributed by atoms with Crippen LogP contribution < -0.4 is 10.4 Å². The van der Waals surface area contributed by atoms with E-state index in [1.54, 1.807) is 31.2 Å². The summed E-state index contributed by atoms with van der Waals surface area (Å²) >= 11 is 0. The second kappa shape index (κ2) is 15.2. The fourth-order valence-corrected chi connectivity index (χ4v) is 13.8. The Morgan fingerprint density at radius 1 is 0.872 bits per heavy atom. The van der Waals surface area contributed by atoms with Crippen molar-refractivity contribution in [2.24, 2.45) is 0 Å². The highest BCUT2D eigenvalue weighted by molar-refractivity contribution is 6.86. The predicted octanol–water partition coefficient (Wildman–Crippen LogP) is 10.5. The number of halogens is 9.